The Kier molecular flexibility index (Phi) is 4.90. The lowest BCUT2D eigenvalue weighted by atomic mass is 10.1. The topological polar surface area (TPSA) is 43.9 Å². The van der Waals surface area contributed by atoms with Crippen molar-refractivity contribution in [2.45, 2.75) is 18.7 Å². The number of thioether (sulfide) groups is 1. The third-order valence-corrected chi connectivity index (χ3v) is 4.27. The molecule has 0 saturated carbocycles. The van der Waals surface area contributed by atoms with Crippen molar-refractivity contribution in [3.63, 3.8) is 0 Å². The Labute approximate surface area is 132 Å². The average Bonchev–Trinajstić information content (AvgIpc) is 3.19. The molecule has 3 rings (SSSR count). The molecule has 6 heteroatoms. The van der Waals surface area contributed by atoms with Gasteiger partial charge >= 0.3 is 0 Å². The van der Waals surface area contributed by atoms with Crippen LogP contribution in [0.4, 0.5) is 4.39 Å². The highest BCUT2D eigenvalue weighted by Gasteiger charge is 2.06. The van der Waals surface area contributed by atoms with Gasteiger partial charge in [0.05, 0.1) is 12.1 Å². The van der Waals surface area contributed by atoms with Crippen molar-refractivity contribution in [2.75, 3.05) is 5.75 Å². The lowest BCUT2D eigenvalue weighted by molar-refractivity contribution is 0.397. The van der Waals surface area contributed by atoms with Gasteiger partial charge in [-0.05, 0) is 36.4 Å². The van der Waals surface area contributed by atoms with E-state index in [0.717, 1.165) is 41.5 Å². The van der Waals surface area contributed by atoms with Crippen LogP contribution in [-0.4, -0.2) is 20.5 Å². The van der Waals surface area contributed by atoms with Crippen LogP contribution in [0.3, 0.4) is 0 Å². The van der Waals surface area contributed by atoms with Crippen LogP contribution >= 0.6 is 11.8 Å². The second-order valence-electron chi connectivity index (χ2n) is 4.89. The quantitative estimate of drug-likeness (QED) is 0.618. The Hall–Kier alpha value is -2.08. The van der Waals surface area contributed by atoms with Gasteiger partial charge in [-0.3, -0.25) is 0 Å². The molecular formula is C16H16FN3OS. The fourth-order valence-corrected chi connectivity index (χ4v) is 2.89. The molecule has 0 spiro atoms. The van der Waals surface area contributed by atoms with E-state index < -0.39 is 0 Å². The van der Waals surface area contributed by atoms with Crippen LogP contribution in [-0.2, 0) is 12.3 Å². The van der Waals surface area contributed by atoms with Crippen LogP contribution in [0.25, 0.3) is 11.3 Å². The molecule has 3 aromatic rings. The van der Waals surface area contributed by atoms with Crippen molar-refractivity contribution in [1.82, 2.24) is 14.7 Å². The molecule has 2 heterocycles. The smallest absolute Gasteiger partial charge is 0.147 e. The molecule has 0 aliphatic carbocycles. The Morgan fingerprint density at radius 1 is 1.23 bits per heavy atom. The Bertz CT molecular complexity index is 695. The molecule has 0 atom stereocenters. The van der Waals surface area contributed by atoms with Gasteiger partial charge in [0.1, 0.15) is 17.3 Å². The number of hydrogen-bond acceptors (Lipinski definition) is 4. The van der Waals surface area contributed by atoms with E-state index in [9.17, 15) is 4.39 Å². The fraction of sp³-hybridized carbons (Fsp3) is 0.250. The number of aromatic nitrogens is 3. The van der Waals surface area contributed by atoms with Gasteiger partial charge in [-0.1, -0.05) is 5.16 Å². The van der Waals surface area contributed by atoms with Crippen LogP contribution in [0.1, 0.15) is 12.2 Å². The molecule has 22 heavy (non-hydrogen) atoms. The molecule has 1 aromatic carbocycles. The number of aryl methyl sites for hydroxylation is 1. The minimum Gasteiger partial charge on any atom is -0.360 e. The van der Waals surface area contributed by atoms with Gasteiger partial charge in [-0.25, -0.2) is 9.37 Å². The maximum atomic E-state index is 12.9. The minimum absolute atomic E-state index is 0.249. The van der Waals surface area contributed by atoms with Gasteiger partial charge in [0.15, 0.2) is 0 Å². The summed E-state index contributed by atoms with van der Waals surface area (Å²) in [5.41, 5.74) is 1.61. The summed E-state index contributed by atoms with van der Waals surface area (Å²) in [6.07, 6.45) is 6.67. The van der Waals surface area contributed by atoms with E-state index in [0.29, 0.717) is 0 Å². The first-order chi connectivity index (χ1) is 10.8. The second-order valence-corrected chi connectivity index (χ2v) is 6.00. The highest BCUT2D eigenvalue weighted by molar-refractivity contribution is 7.98. The third-order valence-electron chi connectivity index (χ3n) is 3.21. The van der Waals surface area contributed by atoms with E-state index in [1.54, 1.807) is 18.3 Å². The van der Waals surface area contributed by atoms with Crippen LogP contribution < -0.4 is 0 Å². The van der Waals surface area contributed by atoms with Crippen molar-refractivity contribution >= 4 is 11.8 Å². The summed E-state index contributed by atoms with van der Waals surface area (Å²) in [7, 11) is 0. The van der Waals surface area contributed by atoms with Gasteiger partial charge in [0.2, 0.25) is 0 Å². The van der Waals surface area contributed by atoms with E-state index in [4.69, 9.17) is 4.52 Å². The molecule has 0 bridgehead atoms. The van der Waals surface area contributed by atoms with Crippen LogP contribution in [0, 0.1) is 5.82 Å². The molecule has 0 saturated heterocycles. The highest BCUT2D eigenvalue weighted by atomic mass is 32.2. The molecular weight excluding hydrogens is 301 g/mol. The molecule has 0 N–H and O–H groups in total. The summed E-state index contributed by atoms with van der Waals surface area (Å²) >= 11 is 1.81. The van der Waals surface area contributed by atoms with E-state index in [1.807, 2.05) is 30.4 Å². The van der Waals surface area contributed by atoms with Gasteiger partial charge < -0.3 is 9.09 Å². The first-order valence-corrected chi connectivity index (χ1v) is 8.22. The molecule has 0 amide bonds. The van der Waals surface area contributed by atoms with Crippen molar-refractivity contribution in [3.8, 4) is 11.3 Å². The lowest BCUT2D eigenvalue weighted by Gasteiger charge is -2.00. The fourth-order valence-electron chi connectivity index (χ4n) is 2.08. The van der Waals surface area contributed by atoms with E-state index in [2.05, 4.69) is 14.7 Å². The number of halogens is 1. The van der Waals surface area contributed by atoms with Crippen LogP contribution in [0.2, 0.25) is 0 Å². The van der Waals surface area contributed by atoms with Crippen LogP contribution in [0.15, 0.2) is 53.6 Å². The lowest BCUT2D eigenvalue weighted by Crippen LogP contribution is -1.95. The zero-order valence-corrected chi connectivity index (χ0v) is 12.8. The third kappa shape index (κ3) is 3.98. The van der Waals surface area contributed by atoms with E-state index in [-0.39, 0.29) is 5.82 Å². The second kappa shape index (κ2) is 7.26. The van der Waals surface area contributed by atoms with Gasteiger partial charge in [-0.2, -0.15) is 11.8 Å². The van der Waals surface area contributed by atoms with E-state index >= 15 is 0 Å². The Morgan fingerprint density at radius 2 is 2.09 bits per heavy atom. The largest absolute Gasteiger partial charge is 0.360 e. The molecule has 4 nitrogen and oxygen atoms in total. The zero-order chi connectivity index (χ0) is 15.2. The summed E-state index contributed by atoms with van der Waals surface area (Å²) < 4.78 is 20.3. The molecule has 0 unspecified atom stereocenters. The minimum atomic E-state index is -0.249. The predicted molar refractivity (Wildman–Crippen MR) is 84.9 cm³/mol. The molecule has 0 aliphatic rings. The monoisotopic (exact) mass is 317 g/mol. The summed E-state index contributed by atoms with van der Waals surface area (Å²) in [5, 5.41) is 4.03. The number of hydrogen-bond donors (Lipinski definition) is 0. The van der Waals surface area contributed by atoms with Crippen LogP contribution in [0.5, 0.6) is 0 Å². The van der Waals surface area contributed by atoms with Gasteiger partial charge in [0.25, 0.3) is 0 Å². The standard InChI is InChI=1S/C16H16FN3OS/c17-14-4-2-13(3-5-14)16-10-15(21-19-16)11-22-9-1-7-20-8-6-18-12-20/h2-6,8,10,12H,1,7,9,11H2. The van der Waals surface area contributed by atoms with Crippen molar-refractivity contribution in [3.05, 3.63) is 60.6 Å². The summed E-state index contributed by atoms with van der Waals surface area (Å²) in [6, 6.07) is 8.17. The maximum absolute atomic E-state index is 12.9. The van der Waals surface area contributed by atoms with Gasteiger partial charge in [0, 0.05) is 30.6 Å². The summed E-state index contributed by atoms with van der Waals surface area (Å²) in [4.78, 5) is 4.02. The summed E-state index contributed by atoms with van der Waals surface area (Å²) in [6.45, 7) is 0.976. The van der Waals surface area contributed by atoms with Crippen molar-refractivity contribution in [1.29, 1.82) is 0 Å². The number of rotatable bonds is 7. The average molecular weight is 317 g/mol. The van der Waals surface area contributed by atoms with Crippen molar-refractivity contribution < 1.29 is 8.91 Å². The SMILES string of the molecule is Fc1ccc(-c2cc(CSCCCn3ccnc3)on2)cc1. The van der Waals surface area contributed by atoms with Gasteiger partial charge in [-0.15, -0.1) is 0 Å². The highest BCUT2D eigenvalue weighted by Crippen LogP contribution is 2.22. The Balaban J connectivity index is 1.44. The molecule has 2 aromatic heterocycles. The first-order valence-electron chi connectivity index (χ1n) is 7.06. The number of benzene rings is 1. The normalized spacial score (nSPS) is 11.0. The van der Waals surface area contributed by atoms with Crippen molar-refractivity contribution in [2.24, 2.45) is 0 Å². The Morgan fingerprint density at radius 3 is 2.86 bits per heavy atom. The molecule has 114 valence electrons. The number of nitrogens with zero attached hydrogens (tertiary/aromatic N) is 3. The molecule has 0 aliphatic heterocycles. The predicted octanol–water partition coefficient (Wildman–Crippen LogP) is 4.00. The maximum Gasteiger partial charge on any atom is 0.147 e. The molecule has 0 fully saturated rings. The zero-order valence-electron chi connectivity index (χ0n) is 12.0. The first kappa shape index (κ1) is 14.8. The molecule has 0 radical (unpaired) electrons. The van der Waals surface area contributed by atoms with E-state index in [1.165, 1.54) is 12.1 Å². The number of imidazole rings is 1. The summed E-state index contributed by atoms with van der Waals surface area (Å²) in [5.74, 6) is 2.43.